The molecule has 5 heteroatoms. The van der Waals surface area contributed by atoms with Crippen molar-refractivity contribution in [2.45, 2.75) is 13.0 Å². The molecule has 1 amide bonds. The summed E-state index contributed by atoms with van der Waals surface area (Å²) in [6.07, 6.45) is -0.548. The van der Waals surface area contributed by atoms with Crippen molar-refractivity contribution in [1.29, 1.82) is 0 Å². The van der Waals surface area contributed by atoms with Gasteiger partial charge in [0.1, 0.15) is 18.5 Å². The summed E-state index contributed by atoms with van der Waals surface area (Å²) in [4.78, 5) is 16.5. The van der Waals surface area contributed by atoms with Crippen LogP contribution in [0.2, 0.25) is 0 Å². The third-order valence-corrected chi connectivity index (χ3v) is 4.61. The van der Waals surface area contributed by atoms with Gasteiger partial charge in [0.25, 0.3) is 5.91 Å². The van der Waals surface area contributed by atoms with E-state index in [1.807, 2.05) is 66.4 Å². The van der Waals surface area contributed by atoms with Gasteiger partial charge >= 0.3 is 0 Å². The molecule has 1 saturated heterocycles. The molecule has 0 aromatic heterocycles. The average molecular weight is 354 g/mol. The van der Waals surface area contributed by atoms with E-state index in [0.29, 0.717) is 19.6 Å². The Balaban J connectivity index is 1.40. The molecule has 0 aliphatic carbocycles. The van der Waals surface area contributed by atoms with Crippen LogP contribution in [-0.4, -0.2) is 66.2 Å². The lowest BCUT2D eigenvalue weighted by Gasteiger charge is -2.35. The molecule has 1 unspecified atom stereocenters. The Hall–Kier alpha value is -2.37. The van der Waals surface area contributed by atoms with Crippen LogP contribution in [-0.2, 0) is 0 Å². The van der Waals surface area contributed by atoms with E-state index >= 15 is 0 Å². The number of aryl methyl sites for hydroxylation is 1. The topological polar surface area (TPSA) is 53.0 Å². The van der Waals surface area contributed by atoms with Gasteiger partial charge in [0, 0.05) is 38.3 Å². The first-order chi connectivity index (χ1) is 12.6. The fourth-order valence-electron chi connectivity index (χ4n) is 3.07. The first kappa shape index (κ1) is 18.4. The normalized spacial score (nSPS) is 16.3. The molecule has 0 bridgehead atoms. The zero-order valence-corrected chi connectivity index (χ0v) is 15.2. The molecule has 0 spiro atoms. The summed E-state index contributed by atoms with van der Waals surface area (Å²) < 4.78 is 5.64. The van der Waals surface area contributed by atoms with E-state index in [4.69, 9.17) is 4.74 Å². The number of piperazine rings is 1. The molecule has 138 valence electrons. The smallest absolute Gasteiger partial charge is 0.253 e. The van der Waals surface area contributed by atoms with Crippen LogP contribution in [0, 0.1) is 6.92 Å². The highest BCUT2D eigenvalue weighted by molar-refractivity contribution is 5.94. The molecular weight excluding hydrogens is 328 g/mol. The number of hydrogen-bond donors (Lipinski definition) is 1. The number of carbonyl (C=O) groups excluding carboxylic acids is 1. The first-order valence-corrected chi connectivity index (χ1v) is 9.06. The minimum atomic E-state index is -0.548. The van der Waals surface area contributed by atoms with Crippen LogP contribution in [0.5, 0.6) is 5.75 Å². The van der Waals surface area contributed by atoms with Gasteiger partial charge in [-0.1, -0.05) is 35.9 Å². The molecule has 2 aromatic rings. The maximum atomic E-state index is 12.4. The monoisotopic (exact) mass is 354 g/mol. The molecule has 5 nitrogen and oxygen atoms in total. The third-order valence-electron chi connectivity index (χ3n) is 4.61. The molecule has 1 N–H and O–H groups in total. The Kier molecular flexibility index (Phi) is 6.26. The van der Waals surface area contributed by atoms with Crippen molar-refractivity contribution in [3.05, 3.63) is 65.7 Å². The summed E-state index contributed by atoms with van der Waals surface area (Å²) >= 11 is 0. The number of aliphatic hydroxyl groups excluding tert-OH is 1. The minimum absolute atomic E-state index is 0.0773. The van der Waals surface area contributed by atoms with Crippen LogP contribution in [0.15, 0.2) is 54.6 Å². The Labute approximate surface area is 154 Å². The Morgan fingerprint density at radius 1 is 1.04 bits per heavy atom. The van der Waals surface area contributed by atoms with E-state index in [-0.39, 0.29) is 12.5 Å². The summed E-state index contributed by atoms with van der Waals surface area (Å²) in [5.74, 6) is 0.849. The largest absolute Gasteiger partial charge is 0.491 e. The Morgan fingerprint density at radius 3 is 2.35 bits per heavy atom. The molecule has 0 saturated carbocycles. The maximum absolute atomic E-state index is 12.4. The van der Waals surface area contributed by atoms with E-state index in [9.17, 15) is 9.90 Å². The van der Waals surface area contributed by atoms with Gasteiger partial charge in [0.15, 0.2) is 0 Å². The number of rotatable bonds is 6. The van der Waals surface area contributed by atoms with E-state index in [1.54, 1.807) is 0 Å². The van der Waals surface area contributed by atoms with E-state index in [1.165, 1.54) is 5.56 Å². The second-order valence-corrected chi connectivity index (χ2v) is 6.74. The van der Waals surface area contributed by atoms with Crippen LogP contribution >= 0.6 is 0 Å². The van der Waals surface area contributed by atoms with Crippen LogP contribution in [0.1, 0.15) is 15.9 Å². The van der Waals surface area contributed by atoms with Gasteiger partial charge in [-0.15, -0.1) is 0 Å². The van der Waals surface area contributed by atoms with Crippen molar-refractivity contribution in [1.82, 2.24) is 9.80 Å². The summed E-state index contributed by atoms with van der Waals surface area (Å²) in [6.45, 7) is 5.74. The molecule has 2 aromatic carbocycles. The molecular formula is C21H26N2O3. The van der Waals surface area contributed by atoms with Gasteiger partial charge in [-0.25, -0.2) is 0 Å². The first-order valence-electron chi connectivity index (χ1n) is 9.06. The summed E-state index contributed by atoms with van der Waals surface area (Å²) in [5.41, 5.74) is 1.91. The quantitative estimate of drug-likeness (QED) is 0.864. The van der Waals surface area contributed by atoms with Crippen molar-refractivity contribution in [3.63, 3.8) is 0 Å². The summed E-state index contributed by atoms with van der Waals surface area (Å²) in [6, 6.07) is 17.2. The lowest BCUT2D eigenvalue weighted by atomic mass is 10.2. The SMILES string of the molecule is Cc1ccc(OCC(O)CN2CCN(C(=O)c3ccccc3)CC2)cc1. The molecule has 26 heavy (non-hydrogen) atoms. The lowest BCUT2D eigenvalue weighted by Crippen LogP contribution is -2.50. The third kappa shape index (κ3) is 5.07. The zero-order valence-electron chi connectivity index (χ0n) is 15.2. The second-order valence-electron chi connectivity index (χ2n) is 6.74. The predicted molar refractivity (Wildman–Crippen MR) is 101 cm³/mol. The summed E-state index contributed by atoms with van der Waals surface area (Å²) in [5, 5.41) is 10.2. The fraction of sp³-hybridized carbons (Fsp3) is 0.381. The number of amides is 1. The lowest BCUT2D eigenvalue weighted by molar-refractivity contribution is 0.0403. The molecule has 1 atom stereocenters. The van der Waals surface area contributed by atoms with Gasteiger partial charge in [0.2, 0.25) is 0 Å². The number of benzene rings is 2. The van der Waals surface area contributed by atoms with Gasteiger partial charge in [-0.05, 0) is 31.2 Å². The van der Waals surface area contributed by atoms with Crippen LogP contribution in [0.25, 0.3) is 0 Å². The highest BCUT2D eigenvalue weighted by Gasteiger charge is 2.23. The van der Waals surface area contributed by atoms with Gasteiger partial charge < -0.3 is 14.7 Å². The van der Waals surface area contributed by atoms with Gasteiger partial charge in [0.05, 0.1) is 0 Å². The van der Waals surface area contributed by atoms with Crippen molar-refractivity contribution < 1.29 is 14.6 Å². The predicted octanol–water partition coefficient (Wildman–Crippen LogP) is 2.19. The summed E-state index contributed by atoms with van der Waals surface area (Å²) in [7, 11) is 0. The Bertz CT molecular complexity index is 695. The Morgan fingerprint density at radius 2 is 1.69 bits per heavy atom. The van der Waals surface area contributed by atoms with Crippen molar-refractivity contribution in [2.24, 2.45) is 0 Å². The van der Waals surface area contributed by atoms with E-state index in [2.05, 4.69) is 4.90 Å². The highest BCUT2D eigenvalue weighted by Crippen LogP contribution is 2.12. The zero-order chi connectivity index (χ0) is 18.4. The van der Waals surface area contributed by atoms with Gasteiger partial charge in [-0.3, -0.25) is 9.69 Å². The average Bonchev–Trinajstić information content (AvgIpc) is 2.68. The molecule has 3 rings (SSSR count). The molecule has 1 aliphatic rings. The highest BCUT2D eigenvalue weighted by atomic mass is 16.5. The van der Waals surface area contributed by atoms with Crippen LogP contribution in [0.3, 0.4) is 0 Å². The van der Waals surface area contributed by atoms with Gasteiger partial charge in [-0.2, -0.15) is 0 Å². The number of ether oxygens (including phenoxy) is 1. The minimum Gasteiger partial charge on any atom is -0.491 e. The van der Waals surface area contributed by atoms with E-state index in [0.717, 1.165) is 24.4 Å². The molecule has 1 fully saturated rings. The number of β-amino-alcohol motifs (C(OH)–C–C–N with tert-alkyl or cyclic N) is 1. The van der Waals surface area contributed by atoms with Crippen molar-refractivity contribution in [2.75, 3.05) is 39.3 Å². The standard InChI is InChI=1S/C21H26N2O3/c1-17-7-9-20(10-8-17)26-16-19(24)15-22-11-13-23(14-12-22)21(25)18-5-3-2-4-6-18/h2-10,19,24H,11-16H2,1H3. The van der Waals surface area contributed by atoms with Crippen LogP contribution in [0.4, 0.5) is 0 Å². The van der Waals surface area contributed by atoms with E-state index < -0.39 is 6.10 Å². The number of nitrogens with zero attached hydrogens (tertiary/aromatic N) is 2. The number of hydrogen-bond acceptors (Lipinski definition) is 4. The van der Waals surface area contributed by atoms with Crippen LogP contribution < -0.4 is 4.74 Å². The molecule has 1 heterocycles. The molecule has 1 aliphatic heterocycles. The number of aliphatic hydroxyl groups is 1. The van der Waals surface area contributed by atoms with Crippen molar-refractivity contribution >= 4 is 5.91 Å². The second kappa shape index (κ2) is 8.83. The van der Waals surface area contributed by atoms with Crippen molar-refractivity contribution in [3.8, 4) is 5.75 Å². The number of carbonyl (C=O) groups is 1. The maximum Gasteiger partial charge on any atom is 0.253 e. The fourth-order valence-corrected chi connectivity index (χ4v) is 3.07. The molecule has 0 radical (unpaired) electrons.